The van der Waals surface area contributed by atoms with Crippen LogP contribution < -0.4 is 15.0 Å². The zero-order valence-electron chi connectivity index (χ0n) is 17.9. The van der Waals surface area contributed by atoms with E-state index in [1.807, 2.05) is 0 Å². The number of hydrogen-bond donors (Lipinski definition) is 1. The van der Waals surface area contributed by atoms with Gasteiger partial charge in [-0.15, -0.1) is 0 Å². The third kappa shape index (κ3) is 3.63. The molecule has 27 heavy (non-hydrogen) atoms. The second-order valence-corrected chi connectivity index (χ2v) is 18.8. The Balaban J connectivity index is 2.39. The van der Waals surface area contributed by atoms with Crippen molar-refractivity contribution in [1.82, 2.24) is 4.65 Å². The molecule has 0 heterocycles. The average molecular weight is 408 g/mol. The van der Waals surface area contributed by atoms with Crippen LogP contribution in [0.3, 0.4) is 0 Å². The molecule has 2 aromatic carbocycles. The first-order valence-electron chi connectivity index (χ1n) is 9.98. The molecular formula is C23H33NSi3. The maximum atomic E-state index is 4.36. The van der Waals surface area contributed by atoms with Crippen molar-refractivity contribution in [3.8, 4) is 0 Å². The van der Waals surface area contributed by atoms with Crippen molar-refractivity contribution >= 4 is 37.1 Å². The van der Waals surface area contributed by atoms with E-state index in [9.17, 15) is 0 Å². The minimum atomic E-state index is -2.28. The minimum absolute atomic E-state index is 0.626. The summed E-state index contributed by atoms with van der Waals surface area (Å²) < 4.78 is 4.36. The number of nitrogens with one attached hydrogen (secondary N) is 1. The van der Waals surface area contributed by atoms with Gasteiger partial charge >= 0.3 is 0 Å². The Morgan fingerprint density at radius 3 is 1.52 bits per heavy atom. The number of hydrogen-bond acceptors (Lipinski definition) is 1. The van der Waals surface area contributed by atoms with Gasteiger partial charge in [0, 0.05) is 10.2 Å². The second-order valence-electron chi connectivity index (χ2n) is 8.93. The predicted molar refractivity (Wildman–Crippen MR) is 129 cm³/mol. The lowest BCUT2D eigenvalue weighted by Gasteiger charge is -2.42. The van der Waals surface area contributed by atoms with Gasteiger partial charge in [-0.05, 0) is 42.3 Å². The van der Waals surface area contributed by atoms with Crippen molar-refractivity contribution in [2.24, 2.45) is 0 Å². The Bertz CT molecular complexity index is 837. The van der Waals surface area contributed by atoms with Gasteiger partial charge in [-0.3, -0.25) is 0 Å². The summed E-state index contributed by atoms with van der Waals surface area (Å²) in [5.74, 6) is 0. The van der Waals surface area contributed by atoms with Crippen molar-refractivity contribution in [3.05, 3.63) is 82.6 Å². The largest absolute Gasteiger partial charge is 0.349 e. The fourth-order valence-electron chi connectivity index (χ4n) is 4.60. The van der Waals surface area contributed by atoms with Crippen LogP contribution in [-0.2, 0) is 0 Å². The molecule has 0 radical (unpaired) electrons. The highest BCUT2D eigenvalue weighted by atomic mass is 28.4. The molecule has 0 aliphatic heterocycles. The van der Waals surface area contributed by atoms with E-state index in [2.05, 4.69) is 106 Å². The predicted octanol–water partition coefficient (Wildman–Crippen LogP) is 3.53. The van der Waals surface area contributed by atoms with Crippen LogP contribution in [0.15, 0.2) is 82.6 Å². The van der Waals surface area contributed by atoms with Crippen LogP contribution in [0.1, 0.15) is 20.8 Å². The van der Waals surface area contributed by atoms with E-state index < -0.39 is 16.5 Å². The molecule has 0 bridgehead atoms. The molecule has 0 fully saturated rings. The standard InChI is InChI=1S/C23H33NSi3/c1-17-18(2)22(25)23(19(17)3)27(24-26(4,5)6,20-13-9-7-10-14-20)21-15-11-8-12-16-21/h7-16,22,24H,1-6,25H3. The number of rotatable bonds is 5. The van der Waals surface area contributed by atoms with Gasteiger partial charge in [-0.1, -0.05) is 96.6 Å². The molecule has 1 aliphatic carbocycles. The normalized spacial score (nSPS) is 18.5. The SMILES string of the molecule is CC1=C(C)C([SiH3])C([Si](N[Si](C)(C)C)(c2ccccc2)c2ccccc2)=C1C. The topological polar surface area (TPSA) is 12.0 Å². The summed E-state index contributed by atoms with van der Waals surface area (Å²) in [4.78, 5) is 0. The van der Waals surface area contributed by atoms with E-state index in [0.29, 0.717) is 5.54 Å². The van der Waals surface area contributed by atoms with Gasteiger partial charge in [0.15, 0.2) is 0 Å². The van der Waals surface area contributed by atoms with Crippen LogP contribution in [0.5, 0.6) is 0 Å². The van der Waals surface area contributed by atoms with Crippen molar-refractivity contribution in [3.63, 3.8) is 0 Å². The van der Waals surface area contributed by atoms with Gasteiger partial charge in [0.05, 0.1) is 0 Å². The first-order chi connectivity index (χ1) is 12.7. The third-order valence-corrected chi connectivity index (χ3v) is 16.6. The molecule has 0 saturated heterocycles. The van der Waals surface area contributed by atoms with E-state index in [4.69, 9.17) is 0 Å². The van der Waals surface area contributed by atoms with Gasteiger partial charge in [0.1, 0.15) is 8.24 Å². The van der Waals surface area contributed by atoms with Crippen LogP contribution in [0.25, 0.3) is 0 Å². The fourth-order valence-corrected chi connectivity index (χ4v) is 16.9. The summed E-state index contributed by atoms with van der Waals surface area (Å²) in [5, 5.41) is 4.71. The fraction of sp³-hybridized carbons (Fsp3) is 0.304. The van der Waals surface area contributed by atoms with Crippen molar-refractivity contribution in [2.75, 3.05) is 0 Å². The van der Waals surface area contributed by atoms with E-state index in [1.165, 1.54) is 31.8 Å². The maximum Gasteiger partial charge on any atom is 0.212 e. The Kier molecular flexibility index (Phi) is 5.64. The summed E-state index contributed by atoms with van der Waals surface area (Å²) >= 11 is 0. The van der Waals surface area contributed by atoms with Crippen molar-refractivity contribution < 1.29 is 0 Å². The monoisotopic (exact) mass is 407 g/mol. The molecule has 2 aromatic rings. The molecule has 0 spiro atoms. The van der Waals surface area contributed by atoms with Gasteiger partial charge in [0.25, 0.3) is 0 Å². The molecule has 1 nitrogen and oxygen atoms in total. The van der Waals surface area contributed by atoms with Crippen molar-refractivity contribution in [2.45, 2.75) is 46.0 Å². The van der Waals surface area contributed by atoms with E-state index in [-0.39, 0.29) is 0 Å². The maximum absolute atomic E-state index is 4.36. The smallest absolute Gasteiger partial charge is 0.212 e. The Morgan fingerprint density at radius 2 is 1.19 bits per heavy atom. The zero-order valence-corrected chi connectivity index (χ0v) is 21.9. The highest BCUT2D eigenvalue weighted by Crippen LogP contribution is 2.43. The van der Waals surface area contributed by atoms with Crippen LogP contribution in [0.4, 0.5) is 0 Å². The minimum Gasteiger partial charge on any atom is -0.349 e. The third-order valence-electron chi connectivity index (χ3n) is 6.02. The molecule has 0 saturated carbocycles. The summed E-state index contributed by atoms with van der Waals surface area (Å²) in [7, 11) is -2.66. The average Bonchev–Trinajstić information content (AvgIpc) is 2.84. The highest BCUT2D eigenvalue weighted by Gasteiger charge is 2.48. The highest BCUT2D eigenvalue weighted by molar-refractivity contribution is 7.11. The second kappa shape index (κ2) is 7.51. The summed E-state index contributed by atoms with van der Waals surface area (Å²) in [5.41, 5.74) is 5.28. The lowest BCUT2D eigenvalue weighted by molar-refractivity contribution is 1.16. The summed E-state index contributed by atoms with van der Waals surface area (Å²) in [6.07, 6.45) is 0. The van der Waals surface area contributed by atoms with Crippen LogP contribution >= 0.6 is 0 Å². The zero-order chi connectivity index (χ0) is 19.8. The number of benzene rings is 2. The molecule has 0 amide bonds. The van der Waals surface area contributed by atoms with Crippen molar-refractivity contribution in [1.29, 1.82) is 0 Å². The molecule has 1 unspecified atom stereocenters. The molecule has 1 atom stereocenters. The van der Waals surface area contributed by atoms with E-state index >= 15 is 0 Å². The first-order valence-corrected chi connectivity index (χ1v) is 16.6. The lowest BCUT2D eigenvalue weighted by atomic mass is 10.1. The lowest BCUT2D eigenvalue weighted by Crippen LogP contribution is -2.76. The molecule has 4 heteroatoms. The van der Waals surface area contributed by atoms with Gasteiger partial charge < -0.3 is 4.65 Å². The van der Waals surface area contributed by atoms with Crippen LogP contribution in [0, 0.1) is 0 Å². The molecule has 3 rings (SSSR count). The quantitative estimate of drug-likeness (QED) is 0.748. The summed E-state index contributed by atoms with van der Waals surface area (Å²) in [6, 6.07) is 22.6. The molecule has 142 valence electrons. The molecule has 1 N–H and O–H groups in total. The Morgan fingerprint density at radius 1 is 0.741 bits per heavy atom. The molecular weight excluding hydrogens is 375 g/mol. The van der Waals surface area contributed by atoms with E-state index in [0.717, 1.165) is 0 Å². The van der Waals surface area contributed by atoms with Crippen LogP contribution in [0.2, 0.25) is 25.2 Å². The molecule has 1 aliphatic rings. The number of allylic oxidation sites excluding steroid dienone is 4. The first kappa shape index (κ1) is 20.3. The van der Waals surface area contributed by atoms with Gasteiger partial charge in [-0.25, -0.2) is 0 Å². The summed E-state index contributed by atoms with van der Waals surface area (Å²) in [6.45, 7) is 14.4. The van der Waals surface area contributed by atoms with Crippen LogP contribution in [-0.4, -0.2) is 26.7 Å². The van der Waals surface area contributed by atoms with Gasteiger partial charge in [-0.2, -0.15) is 0 Å². The molecule has 0 aromatic heterocycles. The Labute approximate surface area is 170 Å². The van der Waals surface area contributed by atoms with Gasteiger partial charge in [0.2, 0.25) is 8.24 Å². The Hall–Kier alpha value is -1.47. The van der Waals surface area contributed by atoms with E-state index in [1.54, 1.807) is 10.8 Å².